The fourth-order valence-electron chi connectivity index (χ4n) is 19.0. The van der Waals surface area contributed by atoms with E-state index in [9.17, 15) is 19.1 Å². The minimum Gasteiger partial charge on any atom is -0.393 e. The van der Waals surface area contributed by atoms with Crippen LogP contribution in [-0.2, 0) is 21.4 Å². The molecule has 3 saturated carbocycles. The van der Waals surface area contributed by atoms with Crippen LogP contribution >= 0.6 is 0 Å². The molecule has 488 valence electrons. The zero-order valence-electron chi connectivity index (χ0n) is 56.0. The predicted molar refractivity (Wildman–Crippen MR) is 353 cm³/mol. The number of aliphatic hydroxyl groups is 1. The van der Waals surface area contributed by atoms with Crippen molar-refractivity contribution in [2.45, 2.75) is 245 Å². The number of halogens is 1. The van der Waals surface area contributed by atoms with Crippen molar-refractivity contribution in [3.63, 3.8) is 0 Å². The zero-order chi connectivity index (χ0) is 61.3. The third kappa shape index (κ3) is 15.6. The molecule has 11 rings (SSSR count). The number of fused-ring (bicyclic) bond motifs is 1. The summed E-state index contributed by atoms with van der Waals surface area (Å²) in [6.45, 7) is 39.7. The largest absolute Gasteiger partial charge is 0.393 e. The van der Waals surface area contributed by atoms with Gasteiger partial charge in [-0.1, -0.05) is 67.4 Å². The number of hydrogen-bond donors (Lipinski definition) is 4. The van der Waals surface area contributed by atoms with Gasteiger partial charge in [-0.05, 0) is 201 Å². The first-order valence-corrected chi connectivity index (χ1v) is 36.0. The van der Waals surface area contributed by atoms with Crippen molar-refractivity contribution in [3.05, 3.63) is 62.7 Å². The van der Waals surface area contributed by atoms with Crippen LogP contribution in [0.25, 0.3) is 0 Å². The Morgan fingerprint density at radius 2 is 1.43 bits per heavy atom. The number of allylic oxidation sites excluding steroid dienone is 3. The van der Waals surface area contributed by atoms with Crippen molar-refractivity contribution < 1.29 is 19.0 Å². The van der Waals surface area contributed by atoms with Crippen molar-refractivity contribution in [3.8, 4) is 0 Å². The van der Waals surface area contributed by atoms with Gasteiger partial charge in [0.05, 0.1) is 31.0 Å². The van der Waals surface area contributed by atoms with Gasteiger partial charge in [0.1, 0.15) is 6.17 Å². The Morgan fingerprint density at radius 1 is 0.770 bits per heavy atom. The van der Waals surface area contributed by atoms with E-state index in [4.69, 9.17) is 11.3 Å². The summed E-state index contributed by atoms with van der Waals surface area (Å²) in [5, 5.41) is 19.7. The summed E-state index contributed by atoms with van der Waals surface area (Å²) in [7, 11) is 0. The van der Waals surface area contributed by atoms with Crippen molar-refractivity contribution in [1.82, 2.24) is 40.1 Å². The van der Waals surface area contributed by atoms with Gasteiger partial charge in [0.25, 0.3) is 5.56 Å². The van der Waals surface area contributed by atoms with E-state index in [1.54, 1.807) is 16.8 Å². The molecule has 0 aromatic carbocycles. The number of morpholine rings is 1. The molecule has 13 nitrogen and oxygen atoms in total. The molecule has 4 aliphatic carbocycles. The van der Waals surface area contributed by atoms with E-state index in [1.165, 1.54) is 76.5 Å². The molecule has 0 bridgehead atoms. The summed E-state index contributed by atoms with van der Waals surface area (Å²) in [5.74, 6) is 3.94. The highest BCUT2D eigenvalue weighted by Gasteiger charge is 2.47. The van der Waals surface area contributed by atoms with Crippen LogP contribution in [0, 0.1) is 46.8 Å². The minimum atomic E-state index is -0.729. The van der Waals surface area contributed by atoms with Gasteiger partial charge >= 0.3 is 0 Å². The molecule has 7 heterocycles. The molecule has 1 amide bonds. The number of nitrogens with zero attached hydrogens (tertiary/aromatic N) is 6. The van der Waals surface area contributed by atoms with Crippen LogP contribution in [0.5, 0.6) is 0 Å². The number of hydrogen-bond acceptors (Lipinski definition) is 11. The molecule has 87 heavy (non-hydrogen) atoms. The lowest BCUT2D eigenvalue weighted by Gasteiger charge is -2.45. The first-order chi connectivity index (χ1) is 41.7. The molecule has 7 fully saturated rings. The number of nitrogens with one attached hydrogen (secondary N) is 3. The number of ether oxygens (including phenoxy) is 1. The van der Waals surface area contributed by atoms with Crippen LogP contribution < -0.4 is 21.1 Å². The molecule has 14 heteroatoms. The van der Waals surface area contributed by atoms with Gasteiger partial charge in [0.15, 0.2) is 0 Å². The summed E-state index contributed by atoms with van der Waals surface area (Å²) < 4.78 is 20.5. The molecule has 6 unspecified atom stereocenters. The van der Waals surface area contributed by atoms with Crippen molar-refractivity contribution in [2.75, 3.05) is 103 Å². The second-order valence-corrected chi connectivity index (χ2v) is 32.1. The van der Waals surface area contributed by atoms with Gasteiger partial charge < -0.3 is 40.2 Å². The lowest BCUT2D eigenvalue weighted by molar-refractivity contribution is -0.121. The van der Waals surface area contributed by atoms with Crippen molar-refractivity contribution in [2.24, 2.45) is 46.8 Å². The third-order valence-electron chi connectivity index (χ3n) is 24.1. The van der Waals surface area contributed by atoms with Gasteiger partial charge in [-0.2, -0.15) is 0 Å². The van der Waals surface area contributed by atoms with Gasteiger partial charge in [-0.15, -0.1) is 0 Å². The Hall–Kier alpha value is -2.95. The van der Waals surface area contributed by atoms with E-state index in [0.717, 1.165) is 140 Å². The number of piperidine rings is 1. The van der Waals surface area contributed by atoms with Gasteiger partial charge in [-0.3, -0.25) is 24.3 Å². The number of pyridine rings is 1. The summed E-state index contributed by atoms with van der Waals surface area (Å²) >= 11 is 0. The Kier molecular flexibility index (Phi) is 21.5. The van der Waals surface area contributed by atoms with Gasteiger partial charge in [-0.25, -0.2) is 4.39 Å². The Morgan fingerprint density at radius 3 is 2.14 bits per heavy atom. The second kappa shape index (κ2) is 28.5. The molecule has 4 saturated heterocycles. The first-order valence-electron chi connectivity index (χ1n) is 36.0. The number of likely N-dealkylation sites (tertiary alicyclic amines) is 1. The Bertz CT molecular complexity index is 2620. The highest BCUT2D eigenvalue weighted by molar-refractivity contribution is 5.97. The molecule has 10 aliphatic rings. The van der Waals surface area contributed by atoms with Crippen molar-refractivity contribution >= 4 is 11.6 Å². The fourth-order valence-corrected chi connectivity index (χ4v) is 19.0. The van der Waals surface area contributed by atoms with Crippen LogP contribution in [0.4, 0.5) is 10.1 Å². The number of piperazine rings is 2. The van der Waals surface area contributed by atoms with Gasteiger partial charge in [0, 0.05) is 142 Å². The number of amides is 1. The summed E-state index contributed by atoms with van der Waals surface area (Å²) in [4.78, 5) is 46.6. The molecular formula is C73H120FN9O4. The normalized spacial score (nSPS) is 36.0. The SMILES string of the molecule is C=C1C(CC2CCC(C)CC2)=CC2=C(C1CC)C(C)(C)CN2C(C)CN1C[C@@H](C)NCC1CN1CCC[C@H](CCC2CCCC(CC[C@@H]3CN(C[C@H]4CN[C@H](C)CN4CC(=O)N4CC(C)(C)c5[nH]c(=O)c(CC6CCC(F)CC6)cc54)CCO3)C2O)C1. The fraction of sp³-hybridized carbons (Fsp3) is 0.836. The number of H-pyrrole nitrogens is 1. The van der Waals surface area contributed by atoms with Crippen LogP contribution in [-0.4, -0.2) is 187 Å². The number of anilines is 1. The average molecular weight is 1210 g/mol. The van der Waals surface area contributed by atoms with E-state index in [-0.39, 0.29) is 46.6 Å². The summed E-state index contributed by atoms with van der Waals surface area (Å²) in [6, 6.07) is 3.87. The number of rotatable bonds is 20. The number of carbonyl (C=O) groups is 1. The van der Waals surface area contributed by atoms with Crippen LogP contribution in [0.3, 0.4) is 0 Å². The quantitative estimate of drug-likeness (QED) is 0.0998. The molecule has 4 N–H and O–H groups in total. The van der Waals surface area contributed by atoms with Gasteiger partial charge in [0.2, 0.25) is 5.91 Å². The Labute approximate surface area is 525 Å². The predicted octanol–water partition coefficient (Wildman–Crippen LogP) is 10.9. The average Bonchev–Trinajstić information content (AvgIpc) is 2.13. The molecule has 6 aliphatic heterocycles. The third-order valence-corrected chi connectivity index (χ3v) is 24.1. The number of aliphatic hydroxyl groups excluding tert-OH is 1. The van der Waals surface area contributed by atoms with Crippen molar-refractivity contribution in [1.29, 1.82) is 0 Å². The number of carbonyl (C=O) groups excluding carboxylic acids is 1. The van der Waals surface area contributed by atoms with E-state index in [2.05, 4.69) is 109 Å². The van der Waals surface area contributed by atoms with Crippen LogP contribution in [0.1, 0.15) is 196 Å². The number of aromatic amines is 1. The monoisotopic (exact) mass is 1210 g/mol. The van der Waals surface area contributed by atoms with E-state index in [1.807, 2.05) is 11.0 Å². The molecule has 11 atom stereocenters. The van der Waals surface area contributed by atoms with Crippen LogP contribution in [0.15, 0.2) is 45.9 Å². The van der Waals surface area contributed by atoms with E-state index >= 15 is 0 Å². The number of aromatic nitrogens is 1. The molecule has 0 radical (unpaired) electrons. The Balaban J connectivity index is 0.640. The maximum Gasteiger partial charge on any atom is 0.251 e. The minimum absolute atomic E-state index is 0.0691. The topological polar surface area (TPSA) is 123 Å². The lowest BCUT2D eigenvalue weighted by Crippen LogP contribution is -2.61. The molecule has 1 aromatic heterocycles. The number of alkyl halides is 1. The summed E-state index contributed by atoms with van der Waals surface area (Å²) in [5.41, 5.74) is 8.26. The van der Waals surface area contributed by atoms with E-state index < -0.39 is 6.17 Å². The molecule has 0 spiro atoms. The summed E-state index contributed by atoms with van der Waals surface area (Å²) in [6.07, 6.45) is 23.5. The maximum absolute atomic E-state index is 14.5. The zero-order valence-corrected chi connectivity index (χ0v) is 56.0. The highest BCUT2D eigenvalue weighted by Crippen LogP contribution is 2.52. The van der Waals surface area contributed by atoms with Crippen LogP contribution in [0.2, 0.25) is 0 Å². The molecular weight excluding hydrogens is 1090 g/mol. The van der Waals surface area contributed by atoms with E-state index in [0.29, 0.717) is 92.2 Å². The second-order valence-electron chi connectivity index (χ2n) is 32.1. The standard InChI is InChI=1S/C73H120FN9O4/c1-11-64-52(6)58(32-53-19-17-48(2)18-20-53)34-65-68(64)72(7,8)46-82(65)51(5)40-80-38-49(3)75-36-61(80)42-78-29-13-14-55(41-78)21-24-56-15-12-16-57(69(56)85)25-28-63-44-79(30-31-87-63)43-62-37-76-50(4)39-81(62)45-67(84)83-47-73(9,10)70-66(83)35-59(71(86)77-70)33-54-22-26-60(74)27-23-54/h34-35,48-51,53-57,60-64,69,75-76,85H,6,11-33,36-47H2,1-5,7-10H3,(H,77,86)/t48?,49-,50-,51?,53?,54?,55-,56?,57?,60?,61?,62-,63-,64?,69?/m1/s1. The lowest BCUT2D eigenvalue weighted by atomic mass is 9.69. The highest BCUT2D eigenvalue weighted by atomic mass is 19.1. The first kappa shape index (κ1) is 65.5. The maximum atomic E-state index is 14.5. The molecule has 1 aromatic rings. The smallest absolute Gasteiger partial charge is 0.251 e.